The normalized spacial score (nSPS) is 25.5. The molecule has 0 aromatic carbocycles. The van der Waals surface area contributed by atoms with Gasteiger partial charge in [-0.3, -0.25) is 0 Å². The first-order valence-corrected chi connectivity index (χ1v) is 8.21. The third-order valence-corrected chi connectivity index (χ3v) is 4.83. The van der Waals surface area contributed by atoms with Gasteiger partial charge in [-0.15, -0.1) is 5.10 Å². The zero-order valence-electron chi connectivity index (χ0n) is 12.2. The molecular formula is C14H25BrN4. The molecule has 1 fully saturated rings. The van der Waals surface area contributed by atoms with Crippen molar-refractivity contribution >= 4 is 15.9 Å². The molecule has 0 saturated heterocycles. The van der Waals surface area contributed by atoms with Crippen LogP contribution < -0.4 is 5.32 Å². The van der Waals surface area contributed by atoms with E-state index in [0.717, 1.165) is 23.5 Å². The molecule has 1 aromatic rings. The van der Waals surface area contributed by atoms with E-state index in [0.29, 0.717) is 12.0 Å². The van der Waals surface area contributed by atoms with Gasteiger partial charge < -0.3 is 5.32 Å². The van der Waals surface area contributed by atoms with Gasteiger partial charge in [0.05, 0.1) is 11.7 Å². The first-order valence-electron chi connectivity index (χ1n) is 7.42. The van der Waals surface area contributed by atoms with E-state index in [1.807, 2.05) is 11.7 Å². The van der Waals surface area contributed by atoms with Gasteiger partial charge in [-0.05, 0) is 53.6 Å². The minimum atomic E-state index is 0.377. The molecular weight excluding hydrogens is 304 g/mol. The molecule has 1 unspecified atom stereocenters. The fourth-order valence-corrected chi connectivity index (χ4v) is 3.65. The number of halogens is 1. The Morgan fingerprint density at radius 3 is 2.58 bits per heavy atom. The molecule has 1 aliphatic carbocycles. The van der Waals surface area contributed by atoms with E-state index >= 15 is 0 Å². The van der Waals surface area contributed by atoms with Crippen molar-refractivity contribution < 1.29 is 0 Å². The largest absolute Gasteiger partial charge is 0.308 e. The van der Waals surface area contributed by atoms with Gasteiger partial charge in [0.2, 0.25) is 0 Å². The summed E-state index contributed by atoms with van der Waals surface area (Å²) in [5.41, 5.74) is 1.20. The van der Waals surface area contributed by atoms with Crippen molar-refractivity contribution in [3.05, 3.63) is 10.3 Å². The summed E-state index contributed by atoms with van der Waals surface area (Å²) in [7, 11) is 1.99. The van der Waals surface area contributed by atoms with Crippen LogP contribution in [0.15, 0.2) is 4.60 Å². The van der Waals surface area contributed by atoms with Crippen LogP contribution in [0.5, 0.6) is 0 Å². The molecule has 4 nitrogen and oxygen atoms in total. The van der Waals surface area contributed by atoms with Gasteiger partial charge >= 0.3 is 0 Å². The van der Waals surface area contributed by atoms with Crippen LogP contribution in [0.1, 0.15) is 57.7 Å². The van der Waals surface area contributed by atoms with Crippen molar-refractivity contribution in [2.24, 2.45) is 18.9 Å². The van der Waals surface area contributed by atoms with Crippen LogP contribution in [0, 0.1) is 11.8 Å². The second-order valence-corrected chi connectivity index (χ2v) is 6.59. The topological polar surface area (TPSA) is 42.7 Å². The highest BCUT2D eigenvalue weighted by molar-refractivity contribution is 9.10. The molecule has 5 heteroatoms. The van der Waals surface area contributed by atoms with Gasteiger partial charge in [-0.2, -0.15) is 0 Å². The Balaban J connectivity index is 2.16. The predicted molar refractivity (Wildman–Crippen MR) is 80.9 cm³/mol. The predicted octanol–water partition coefficient (Wildman–Crippen LogP) is 3.44. The summed E-state index contributed by atoms with van der Waals surface area (Å²) < 4.78 is 2.80. The standard InChI is InChI=1S/C14H25BrN4/c1-4-9-16-12(11-7-5-10(2)6-8-11)13-14(15)17-18-19(13)3/h10-12,16H,4-9H2,1-3H3. The van der Waals surface area contributed by atoms with Crippen LogP contribution in [0.2, 0.25) is 0 Å². The zero-order chi connectivity index (χ0) is 13.8. The number of nitrogens with zero attached hydrogens (tertiary/aromatic N) is 3. The highest BCUT2D eigenvalue weighted by Gasteiger charge is 2.30. The highest BCUT2D eigenvalue weighted by atomic mass is 79.9. The smallest absolute Gasteiger partial charge is 0.153 e. The number of nitrogens with one attached hydrogen (secondary N) is 1. The average Bonchev–Trinajstić information content (AvgIpc) is 2.73. The molecule has 19 heavy (non-hydrogen) atoms. The molecule has 1 N–H and O–H groups in total. The van der Waals surface area contributed by atoms with Gasteiger partial charge in [0, 0.05) is 7.05 Å². The van der Waals surface area contributed by atoms with Crippen molar-refractivity contribution in [2.75, 3.05) is 6.54 Å². The Bertz CT molecular complexity index is 377. The summed E-state index contributed by atoms with van der Waals surface area (Å²) in [6.07, 6.45) is 6.46. The summed E-state index contributed by atoms with van der Waals surface area (Å²) in [5.74, 6) is 1.59. The molecule has 0 aliphatic heterocycles. The maximum atomic E-state index is 4.14. The minimum Gasteiger partial charge on any atom is -0.308 e. The second kappa shape index (κ2) is 6.84. The first-order chi connectivity index (χ1) is 9.13. The molecule has 0 radical (unpaired) electrons. The maximum absolute atomic E-state index is 4.14. The number of rotatable bonds is 5. The summed E-state index contributed by atoms with van der Waals surface area (Å²) >= 11 is 3.55. The monoisotopic (exact) mass is 328 g/mol. The van der Waals surface area contributed by atoms with E-state index < -0.39 is 0 Å². The average molecular weight is 329 g/mol. The number of hydrogen-bond acceptors (Lipinski definition) is 3. The Hall–Kier alpha value is -0.420. The lowest BCUT2D eigenvalue weighted by atomic mass is 9.78. The van der Waals surface area contributed by atoms with Crippen LogP contribution in [0.25, 0.3) is 0 Å². The Morgan fingerprint density at radius 2 is 2.05 bits per heavy atom. The SMILES string of the molecule is CCCNC(c1c(Br)nnn1C)C1CCC(C)CC1. The van der Waals surface area contributed by atoms with E-state index in [2.05, 4.69) is 45.4 Å². The lowest BCUT2D eigenvalue weighted by Crippen LogP contribution is -2.33. The molecule has 0 spiro atoms. The van der Waals surface area contributed by atoms with Crippen molar-refractivity contribution in [3.63, 3.8) is 0 Å². The zero-order valence-corrected chi connectivity index (χ0v) is 13.8. The first kappa shape index (κ1) is 15.0. The van der Waals surface area contributed by atoms with Crippen molar-refractivity contribution in [3.8, 4) is 0 Å². The van der Waals surface area contributed by atoms with Gasteiger partial charge in [0.15, 0.2) is 4.60 Å². The van der Waals surface area contributed by atoms with E-state index in [9.17, 15) is 0 Å². The Morgan fingerprint density at radius 1 is 1.37 bits per heavy atom. The third-order valence-electron chi connectivity index (χ3n) is 4.27. The Kier molecular flexibility index (Phi) is 5.39. The summed E-state index contributed by atoms with van der Waals surface area (Å²) in [6.45, 7) is 5.63. The number of aryl methyl sites for hydroxylation is 1. The lowest BCUT2D eigenvalue weighted by Gasteiger charge is -2.33. The van der Waals surface area contributed by atoms with Gasteiger partial charge in [-0.1, -0.05) is 31.9 Å². The minimum absolute atomic E-state index is 0.377. The molecule has 0 amide bonds. The van der Waals surface area contributed by atoms with Crippen LogP contribution in [-0.2, 0) is 7.05 Å². The molecule has 2 rings (SSSR count). The molecule has 1 atom stereocenters. The van der Waals surface area contributed by atoms with Gasteiger partial charge in [0.25, 0.3) is 0 Å². The molecule has 0 bridgehead atoms. The molecule has 1 aromatic heterocycles. The summed E-state index contributed by atoms with van der Waals surface area (Å²) in [5, 5.41) is 12.0. The second-order valence-electron chi connectivity index (χ2n) is 5.84. The van der Waals surface area contributed by atoms with E-state index in [-0.39, 0.29) is 0 Å². The molecule has 1 saturated carbocycles. The van der Waals surface area contributed by atoms with Crippen molar-refractivity contribution in [1.29, 1.82) is 0 Å². The van der Waals surface area contributed by atoms with Crippen molar-refractivity contribution in [1.82, 2.24) is 20.3 Å². The van der Waals surface area contributed by atoms with E-state index in [1.165, 1.54) is 31.4 Å². The molecule has 1 aliphatic rings. The van der Waals surface area contributed by atoms with Crippen LogP contribution in [-0.4, -0.2) is 21.5 Å². The number of hydrogen-bond donors (Lipinski definition) is 1. The van der Waals surface area contributed by atoms with Crippen LogP contribution in [0.4, 0.5) is 0 Å². The lowest BCUT2D eigenvalue weighted by molar-refractivity contribution is 0.225. The number of aromatic nitrogens is 3. The van der Waals surface area contributed by atoms with Crippen molar-refractivity contribution in [2.45, 2.75) is 52.0 Å². The maximum Gasteiger partial charge on any atom is 0.153 e. The highest BCUT2D eigenvalue weighted by Crippen LogP contribution is 2.38. The van der Waals surface area contributed by atoms with Crippen LogP contribution >= 0.6 is 15.9 Å². The summed E-state index contributed by atoms with van der Waals surface area (Å²) in [6, 6.07) is 0.377. The fraction of sp³-hybridized carbons (Fsp3) is 0.857. The van der Waals surface area contributed by atoms with Gasteiger partial charge in [-0.25, -0.2) is 4.68 Å². The van der Waals surface area contributed by atoms with Crippen LogP contribution in [0.3, 0.4) is 0 Å². The molecule has 108 valence electrons. The summed E-state index contributed by atoms with van der Waals surface area (Å²) in [4.78, 5) is 0. The fourth-order valence-electron chi connectivity index (χ4n) is 3.07. The molecule has 1 heterocycles. The Labute approximate surface area is 124 Å². The van der Waals surface area contributed by atoms with Gasteiger partial charge in [0.1, 0.15) is 0 Å². The third kappa shape index (κ3) is 3.57. The van der Waals surface area contributed by atoms with E-state index in [1.54, 1.807) is 0 Å². The van der Waals surface area contributed by atoms with E-state index in [4.69, 9.17) is 0 Å². The quantitative estimate of drug-likeness (QED) is 0.900.